The summed E-state index contributed by atoms with van der Waals surface area (Å²) in [6.45, 7) is 4.61. The number of halogens is 1. The highest BCUT2D eigenvalue weighted by Gasteiger charge is 1.98. The van der Waals surface area contributed by atoms with E-state index in [0.29, 0.717) is 6.61 Å². The maximum Gasteiger partial charge on any atom is 0.130 e. The van der Waals surface area contributed by atoms with Crippen molar-refractivity contribution in [2.45, 2.75) is 26.5 Å². The molecule has 0 saturated heterocycles. The van der Waals surface area contributed by atoms with Gasteiger partial charge < -0.3 is 10.1 Å². The van der Waals surface area contributed by atoms with Gasteiger partial charge in [0.25, 0.3) is 0 Å². The number of hydrogen-bond acceptors (Lipinski definition) is 3. The first-order chi connectivity index (χ1) is 9.78. The Labute approximate surface area is 128 Å². The Bertz CT molecular complexity index is 511. The van der Waals surface area contributed by atoms with Gasteiger partial charge in [-0.2, -0.15) is 0 Å². The van der Waals surface area contributed by atoms with Crippen molar-refractivity contribution in [1.82, 2.24) is 10.3 Å². The van der Waals surface area contributed by atoms with Gasteiger partial charge in [0.15, 0.2) is 0 Å². The maximum atomic E-state index is 5.71. The van der Waals surface area contributed by atoms with Crippen molar-refractivity contribution in [2.24, 2.45) is 0 Å². The Kier molecular flexibility index (Phi) is 6.02. The van der Waals surface area contributed by atoms with E-state index in [1.54, 1.807) is 6.20 Å². The van der Waals surface area contributed by atoms with E-state index in [2.05, 4.69) is 45.3 Å². The number of hydrogen-bond donors (Lipinski definition) is 1. The highest BCUT2D eigenvalue weighted by atomic mass is 79.9. The number of benzene rings is 1. The third-order valence-corrected chi connectivity index (χ3v) is 3.32. The second-order valence-electron chi connectivity index (χ2n) is 4.58. The summed E-state index contributed by atoms with van der Waals surface area (Å²) in [4.78, 5) is 4.28. The Morgan fingerprint density at radius 1 is 1.15 bits per heavy atom. The number of aromatic nitrogens is 1. The number of nitrogens with zero attached hydrogens (tertiary/aromatic N) is 1. The average molecular weight is 335 g/mol. The molecule has 1 aromatic heterocycles. The molecule has 0 aliphatic heterocycles. The zero-order valence-electron chi connectivity index (χ0n) is 11.6. The summed E-state index contributed by atoms with van der Waals surface area (Å²) in [5.74, 6) is 0.869. The molecule has 2 rings (SSSR count). The van der Waals surface area contributed by atoms with Gasteiger partial charge in [-0.15, -0.1) is 0 Å². The molecule has 4 heteroatoms. The molecule has 3 nitrogen and oxygen atoms in total. The van der Waals surface area contributed by atoms with Crippen LogP contribution in [0.25, 0.3) is 0 Å². The molecule has 0 atom stereocenters. The first-order valence-electron chi connectivity index (χ1n) is 6.81. The van der Waals surface area contributed by atoms with Gasteiger partial charge in [0.1, 0.15) is 12.4 Å². The maximum absolute atomic E-state index is 5.71. The van der Waals surface area contributed by atoms with Crippen LogP contribution >= 0.6 is 15.9 Å². The summed E-state index contributed by atoms with van der Waals surface area (Å²) in [6, 6.07) is 12.1. The Morgan fingerprint density at radius 3 is 2.60 bits per heavy atom. The third kappa shape index (κ3) is 4.94. The third-order valence-electron chi connectivity index (χ3n) is 2.85. The molecule has 1 aromatic carbocycles. The van der Waals surface area contributed by atoms with Crippen LogP contribution in [0.15, 0.2) is 47.1 Å². The van der Waals surface area contributed by atoms with Crippen molar-refractivity contribution < 1.29 is 4.74 Å². The molecule has 1 N–H and O–H groups in total. The van der Waals surface area contributed by atoms with E-state index in [9.17, 15) is 0 Å². The predicted octanol–water partition coefficient (Wildman–Crippen LogP) is 3.92. The van der Waals surface area contributed by atoms with Crippen molar-refractivity contribution in [2.75, 3.05) is 6.54 Å². The monoisotopic (exact) mass is 334 g/mol. The normalized spacial score (nSPS) is 10.5. The van der Waals surface area contributed by atoms with Gasteiger partial charge in [0.2, 0.25) is 0 Å². The first-order valence-corrected chi connectivity index (χ1v) is 7.60. The van der Waals surface area contributed by atoms with Crippen LogP contribution in [0.4, 0.5) is 0 Å². The fourth-order valence-electron chi connectivity index (χ4n) is 1.76. The number of rotatable bonds is 7. The van der Waals surface area contributed by atoms with E-state index < -0.39 is 0 Å². The molecule has 0 spiro atoms. The minimum Gasteiger partial charge on any atom is -0.487 e. The van der Waals surface area contributed by atoms with Gasteiger partial charge in [-0.3, -0.25) is 4.98 Å². The Hall–Kier alpha value is -1.39. The molecule has 0 unspecified atom stereocenters. The van der Waals surface area contributed by atoms with Crippen LogP contribution in [0, 0.1) is 0 Å². The molecular weight excluding hydrogens is 316 g/mol. The van der Waals surface area contributed by atoms with Crippen LogP contribution in [0.3, 0.4) is 0 Å². The van der Waals surface area contributed by atoms with Gasteiger partial charge in [-0.25, -0.2) is 0 Å². The molecule has 2 aromatic rings. The molecule has 0 aliphatic carbocycles. The molecule has 0 bridgehead atoms. The number of ether oxygens (including phenoxy) is 1. The van der Waals surface area contributed by atoms with Crippen molar-refractivity contribution in [1.29, 1.82) is 0 Å². The zero-order chi connectivity index (χ0) is 14.2. The van der Waals surface area contributed by atoms with Crippen molar-refractivity contribution in [3.63, 3.8) is 0 Å². The second-order valence-corrected chi connectivity index (χ2v) is 5.49. The van der Waals surface area contributed by atoms with Crippen LogP contribution in [0.2, 0.25) is 0 Å². The van der Waals surface area contributed by atoms with Crippen LogP contribution < -0.4 is 10.1 Å². The summed E-state index contributed by atoms with van der Waals surface area (Å²) < 4.78 is 6.69. The second kappa shape index (κ2) is 8.02. The highest BCUT2D eigenvalue weighted by molar-refractivity contribution is 9.10. The highest BCUT2D eigenvalue weighted by Crippen LogP contribution is 2.14. The fourth-order valence-corrected chi connectivity index (χ4v) is 2.00. The van der Waals surface area contributed by atoms with Crippen molar-refractivity contribution in [3.05, 3.63) is 58.3 Å². The summed E-state index contributed by atoms with van der Waals surface area (Å²) in [5, 5.41) is 3.38. The fraction of sp³-hybridized carbons (Fsp3) is 0.312. The van der Waals surface area contributed by atoms with Gasteiger partial charge in [0.05, 0.1) is 5.69 Å². The Balaban J connectivity index is 1.82. The number of pyridine rings is 1. The summed E-state index contributed by atoms with van der Waals surface area (Å²) in [7, 11) is 0. The van der Waals surface area contributed by atoms with E-state index in [1.165, 1.54) is 5.56 Å². The molecular formula is C16H19BrN2O. The van der Waals surface area contributed by atoms with Gasteiger partial charge in [-0.05, 0) is 58.7 Å². The van der Waals surface area contributed by atoms with E-state index in [1.807, 2.05) is 24.3 Å². The predicted molar refractivity (Wildman–Crippen MR) is 84.7 cm³/mol. The summed E-state index contributed by atoms with van der Waals surface area (Å²) >= 11 is 3.37. The molecule has 0 fully saturated rings. The van der Waals surface area contributed by atoms with E-state index in [4.69, 9.17) is 4.74 Å². The standard InChI is InChI=1S/C16H19BrN2O/c1-2-9-18-10-13-3-7-16(8-4-13)20-12-15-6-5-14(17)11-19-15/h3-8,11,18H,2,9-10,12H2,1H3. The van der Waals surface area contributed by atoms with Gasteiger partial charge >= 0.3 is 0 Å². The van der Waals surface area contributed by atoms with Crippen molar-refractivity contribution >= 4 is 15.9 Å². The van der Waals surface area contributed by atoms with E-state index in [-0.39, 0.29) is 0 Å². The Morgan fingerprint density at radius 2 is 1.95 bits per heavy atom. The van der Waals surface area contributed by atoms with E-state index in [0.717, 1.165) is 35.4 Å². The largest absolute Gasteiger partial charge is 0.487 e. The van der Waals surface area contributed by atoms with E-state index >= 15 is 0 Å². The lowest BCUT2D eigenvalue weighted by Crippen LogP contribution is -2.13. The van der Waals surface area contributed by atoms with Crippen LogP contribution in [-0.4, -0.2) is 11.5 Å². The molecule has 0 saturated carbocycles. The zero-order valence-corrected chi connectivity index (χ0v) is 13.2. The van der Waals surface area contributed by atoms with Crippen LogP contribution in [0.5, 0.6) is 5.75 Å². The number of nitrogens with one attached hydrogen (secondary N) is 1. The van der Waals surface area contributed by atoms with Crippen LogP contribution in [0.1, 0.15) is 24.6 Å². The van der Waals surface area contributed by atoms with Gasteiger partial charge in [0, 0.05) is 17.2 Å². The lowest BCUT2D eigenvalue weighted by molar-refractivity contribution is 0.301. The minimum absolute atomic E-state index is 0.487. The topological polar surface area (TPSA) is 34.1 Å². The summed E-state index contributed by atoms with van der Waals surface area (Å²) in [6.07, 6.45) is 2.93. The SMILES string of the molecule is CCCNCc1ccc(OCc2ccc(Br)cn2)cc1. The smallest absolute Gasteiger partial charge is 0.130 e. The molecule has 20 heavy (non-hydrogen) atoms. The molecule has 106 valence electrons. The summed E-state index contributed by atoms with van der Waals surface area (Å²) in [5.41, 5.74) is 2.19. The molecule has 1 heterocycles. The lowest BCUT2D eigenvalue weighted by Gasteiger charge is -2.07. The van der Waals surface area contributed by atoms with Crippen molar-refractivity contribution in [3.8, 4) is 5.75 Å². The lowest BCUT2D eigenvalue weighted by atomic mass is 10.2. The van der Waals surface area contributed by atoms with Gasteiger partial charge in [-0.1, -0.05) is 19.1 Å². The molecule has 0 aliphatic rings. The molecule has 0 radical (unpaired) electrons. The molecule has 0 amide bonds. The first kappa shape index (κ1) is 15.0. The average Bonchev–Trinajstić information content (AvgIpc) is 2.48. The van der Waals surface area contributed by atoms with Crippen LogP contribution in [-0.2, 0) is 13.2 Å². The quantitative estimate of drug-likeness (QED) is 0.779. The minimum atomic E-state index is 0.487.